The van der Waals surface area contributed by atoms with Gasteiger partial charge in [-0.05, 0) is 25.1 Å². The fourth-order valence-corrected chi connectivity index (χ4v) is 3.90. The number of methoxy groups -OCH3 is 2. The smallest absolute Gasteiger partial charge is 0.405 e. The van der Waals surface area contributed by atoms with Crippen molar-refractivity contribution in [1.29, 1.82) is 0 Å². The van der Waals surface area contributed by atoms with Gasteiger partial charge >= 0.3 is 6.18 Å². The number of nitrogens with zero attached hydrogens (tertiary/aromatic N) is 2. The predicted octanol–water partition coefficient (Wildman–Crippen LogP) is 3.89. The van der Waals surface area contributed by atoms with E-state index in [0.29, 0.717) is 21.4 Å². The minimum atomic E-state index is -4.34. The average molecular weight is 407 g/mol. The van der Waals surface area contributed by atoms with Gasteiger partial charge in [0.1, 0.15) is 6.54 Å². The molecule has 1 heterocycles. The van der Waals surface area contributed by atoms with Crippen molar-refractivity contribution in [3.05, 3.63) is 23.8 Å². The maximum Gasteiger partial charge on any atom is 0.405 e. The molecule has 0 aliphatic rings. The van der Waals surface area contributed by atoms with Crippen molar-refractivity contribution in [3.8, 4) is 11.5 Å². The first-order valence-electron chi connectivity index (χ1n) is 7.30. The van der Waals surface area contributed by atoms with Crippen LogP contribution in [-0.2, 0) is 0 Å². The molecule has 0 aliphatic heterocycles. The van der Waals surface area contributed by atoms with Gasteiger partial charge in [-0.25, -0.2) is 0 Å². The Bertz CT molecular complexity index is 768. The van der Waals surface area contributed by atoms with E-state index in [9.17, 15) is 18.0 Å². The van der Waals surface area contributed by atoms with Crippen molar-refractivity contribution in [1.82, 2.24) is 10.2 Å². The van der Waals surface area contributed by atoms with Crippen LogP contribution in [0.5, 0.6) is 11.5 Å². The van der Waals surface area contributed by atoms with Gasteiger partial charge in [0, 0.05) is 5.56 Å². The molecule has 0 radical (unpaired) electrons. The number of rotatable bonds is 8. The molecule has 0 aliphatic carbocycles. The zero-order valence-electron chi connectivity index (χ0n) is 14.1. The van der Waals surface area contributed by atoms with Crippen LogP contribution in [-0.4, -0.2) is 48.2 Å². The van der Waals surface area contributed by atoms with Gasteiger partial charge in [0.05, 0.1) is 19.5 Å². The van der Waals surface area contributed by atoms with Crippen LogP contribution < -0.4 is 14.8 Å². The van der Waals surface area contributed by atoms with E-state index in [1.165, 1.54) is 14.2 Å². The lowest BCUT2D eigenvalue weighted by Gasteiger charge is -2.11. The first-order chi connectivity index (χ1) is 12.2. The molecule has 0 saturated carbocycles. The average Bonchev–Trinajstić information content (AvgIpc) is 3.05. The summed E-state index contributed by atoms with van der Waals surface area (Å²) < 4.78 is 47.3. The number of hydrogen-bond donors (Lipinski definition) is 1. The van der Waals surface area contributed by atoms with Crippen molar-refractivity contribution in [3.63, 3.8) is 0 Å². The van der Waals surface area contributed by atoms with Crippen LogP contribution in [0.4, 0.5) is 18.3 Å². The summed E-state index contributed by atoms with van der Waals surface area (Å²) in [4.78, 5) is 12.6. The van der Waals surface area contributed by atoms with Gasteiger partial charge < -0.3 is 14.8 Å². The molecule has 1 aromatic heterocycles. The number of ketones is 1. The third-order valence-corrected chi connectivity index (χ3v) is 5.23. The van der Waals surface area contributed by atoms with Crippen molar-refractivity contribution in [2.45, 2.75) is 22.7 Å². The van der Waals surface area contributed by atoms with Crippen molar-refractivity contribution in [2.75, 3.05) is 26.1 Å². The number of nitrogens with one attached hydrogen (secondary N) is 1. The Morgan fingerprint density at radius 1 is 1.27 bits per heavy atom. The van der Waals surface area contributed by atoms with Crippen LogP contribution in [0.2, 0.25) is 0 Å². The van der Waals surface area contributed by atoms with Crippen LogP contribution in [0.1, 0.15) is 17.3 Å². The summed E-state index contributed by atoms with van der Waals surface area (Å²) in [5.41, 5.74) is 0.433. The number of thioether (sulfide) groups is 1. The fraction of sp³-hybridized carbons (Fsp3) is 0.400. The fourth-order valence-electron chi connectivity index (χ4n) is 1.93. The highest BCUT2D eigenvalue weighted by Gasteiger charge is 2.27. The number of Topliss-reactive ketones (excluding diaryl/α,β-unsaturated/α-hetero) is 1. The highest BCUT2D eigenvalue weighted by Crippen LogP contribution is 2.33. The molecule has 142 valence electrons. The van der Waals surface area contributed by atoms with Crippen LogP contribution in [0.15, 0.2) is 22.5 Å². The first-order valence-corrected chi connectivity index (χ1v) is 9.00. The van der Waals surface area contributed by atoms with E-state index in [0.717, 1.165) is 23.1 Å². The molecule has 0 fully saturated rings. The summed E-state index contributed by atoms with van der Waals surface area (Å²) in [6.45, 7) is 0.500. The predicted molar refractivity (Wildman–Crippen MR) is 93.6 cm³/mol. The normalized spacial score (nSPS) is 12.5. The lowest BCUT2D eigenvalue weighted by atomic mass is 10.1. The van der Waals surface area contributed by atoms with E-state index in [1.54, 1.807) is 25.1 Å². The molecule has 0 bridgehead atoms. The largest absolute Gasteiger partial charge is 0.493 e. The van der Waals surface area contributed by atoms with Crippen molar-refractivity contribution >= 4 is 34.0 Å². The number of hydrogen-bond acceptors (Lipinski definition) is 8. The second kappa shape index (κ2) is 8.58. The van der Waals surface area contributed by atoms with Crippen LogP contribution in [0.3, 0.4) is 0 Å². The van der Waals surface area contributed by atoms with Gasteiger partial charge in [0.25, 0.3) is 0 Å². The molecule has 6 nitrogen and oxygen atoms in total. The molecule has 26 heavy (non-hydrogen) atoms. The minimum absolute atomic E-state index is 0.0515. The van der Waals surface area contributed by atoms with Gasteiger partial charge in [-0.1, -0.05) is 23.1 Å². The topological polar surface area (TPSA) is 73.3 Å². The van der Waals surface area contributed by atoms with Crippen LogP contribution >= 0.6 is 23.1 Å². The molecular weight excluding hydrogens is 391 g/mol. The van der Waals surface area contributed by atoms with Crippen molar-refractivity contribution < 1.29 is 27.4 Å². The summed E-state index contributed by atoms with van der Waals surface area (Å²) in [5, 5.41) is 9.15. The highest BCUT2D eigenvalue weighted by atomic mass is 32.2. The van der Waals surface area contributed by atoms with Gasteiger partial charge in [-0.15, -0.1) is 10.2 Å². The number of carbonyl (C=O) groups is 1. The van der Waals surface area contributed by atoms with Gasteiger partial charge in [-0.2, -0.15) is 13.2 Å². The SMILES string of the molecule is COc1ccc(C(=O)C(C)Sc2nnc(NCC(F)(F)F)s2)cc1OC. The lowest BCUT2D eigenvalue weighted by molar-refractivity contribution is -0.115. The Hall–Kier alpha value is -2.01. The second-order valence-electron chi connectivity index (χ2n) is 5.04. The van der Waals surface area contributed by atoms with Crippen LogP contribution in [0, 0.1) is 0 Å². The minimum Gasteiger partial charge on any atom is -0.493 e. The molecule has 2 aromatic rings. The molecule has 1 N–H and O–H groups in total. The van der Waals surface area contributed by atoms with Gasteiger partial charge in [0.15, 0.2) is 21.6 Å². The lowest BCUT2D eigenvalue weighted by Crippen LogP contribution is -2.21. The number of ether oxygens (including phenoxy) is 2. The summed E-state index contributed by atoms with van der Waals surface area (Å²) in [5.74, 6) is 0.773. The maximum absolute atomic E-state index is 12.6. The summed E-state index contributed by atoms with van der Waals surface area (Å²) >= 11 is 2.09. The van der Waals surface area contributed by atoms with Crippen LogP contribution in [0.25, 0.3) is 0 Å². The zero-order valence-corrected chi connectivity index (χ0v) is 15.7. The molecule has 0 saturated heterocycles. The summed E-state index contributed by atoms with van der Waals surface area (Å²) in [6.07, 6.45) is -4.34. The van der Waals surface area contributed by atoms with E-state index in [2.05, 4.69) is 15.5 Å². The molecule has 0 spiro atoms. The number of aromatic nitrogens is 2. The van der Waals surface area contributed by atoms with E-state index in [-0.39, 0.29) is 10.9 Å². The molecular formula is C15H16F3N3O3S2. The third kappa shape index (κ3) is 5.49. The number of halogens is 3. The monoisotopic (exact) mass is 407 g/mol. The second-order valence-corrected chi connectivity index (χ2v) is 7.60. The third-order valence-electron chi connectivity index (χ3n) is 3.16. The zero-order chi connectivity index (χ0) is 19.3. The molecule has 2 rings (SSSR count). The molecule has 11 heteroatoms. The summed E-state index contributed by atoms with van der Waals surface area (Å²) in [7, 11) is 2.97. The first kappa shape index (κ1) is 20.3. The van der Waals surface area contributed by atoms with E-state index in [4.69, 9.17) is 9.47 Å². The number of benzene rings is 1. The van der Waals surface area contributed by atoms with Gasteiger partial charge in [0.2, 0.25) is 5.13 Å². The van der Waals surface area contributed by atoms with E-state index in [1.807, 2.05) is 0 Å². The molecule has 1 aromatic carbocycles. The molecule has 0 amide bonds. The van der Waals surface area contributed by atoms with E-state index < -0.39 is 18.0 Å². The van der Waals surface area contributed by atoms with Gasteiger partial charge in [-0.3, -0.25) is 4.79 Å². The maximum atomic E-state index is 12.6. The number of carbonyl (C=O) groups excluding carboxylic acids is 1. The molecule has 1 atom stereocenters. The summed E-state index contributed by atoms with van der Waals surface area (Å²) in [6, 6.07) is 4.83. The number of alkyl halides is 3. The Labute approximate surface area is 156 Å². The Balaban J connectivity index is 2.02. The van der Waals surface area contributed by atoms with E-state index >= 15 is 0 Å². The van der Waals surface area contributed by atoms with Crippen molar-refractivity contribution in [2.24, 2.45) is 0 Å². The highest BCUT2D eigenvalue weighted by molar-refractivity contribution is 8.02. The Morgan fingerprint density at radius 2 is 1.96 bits per heavy atom. The molecule has 1 unspecified atom stereocenters. The standard InChI is InChI=1S/C15H16F3N3O3S2/c1-8(12(22)9-4-5-10(23-2)11(6-9)24-3)25-14-21-20-13(26-14)19-7-15(16,17)18/h4-6,8H,7H2,1-3H3,(H,19,20). The quantitative estimate of drug-likeness (QED) is 0.526. The number of anilines is 1. The Morgan fingerprint density at radius 3 is 2.58 bits per heavy atom. The Kier molecular flexibility index (Phi) is 6.70.